The number of halogens is 2. The van der Waals surface area contributed by atoms with Crippen LogP contribution in [0, 0.1) is 0 Å². The van der Waals surface area contributed by atoms with Crippen LogP contribution in [0.1, 0.15) is 29.5 Å². The number of rotatable bonds is 4. The van der Waals surface area contributed by atoms with Gasteiger partial charge in [0.25, 0.3) is 0 Å². The van der Waals surface area contributed by atoms with E-state index >= 15 is 0 Å². The molecule has 2 aromatic rings. The smallest absolute Gasteiger partial charge is 0.387 e. The van der Waals surface area contributed by atoms with E-state index in [4.69, 9.17) is 4.98 Å². The highest BCUT2D eigenvalue weighted by Crippen LogP contribution is 2.38. The third-order valence-electron chi connectivity index (χ3n) is 3.63. The summed E-state index contributed by atoms with van der Waals surface area (Å²) in [6.07, 6.45) is 3.28. The molecule has 0 fully saturated rings. The Kier molecular flexibility index (Phi) is 4.17. The molecule has 0 aliphatic heterocycles. The first kappa shape index (κ1) is 14.4. The molecule has 1 heterocycles. The van der Waals surface area contributed by atoms with Gasteiger partial charge in [-0.3, -0.25) is 0 Å². The number of alkyl halides is 2. The standard InChI is InChI=1S/C15H16F2N2OS/c1-18-11-3-2-4-12-13(11)21-14(19-12)9-5-7-10(8-6-9)20-15(16)17/h5-8,11,15,18H,2-4H2,1H3. The summed E-state index contributed by atoms with van der Waals surface area (Å²) in [4.78, 5) is 6.00. The van der Waals surface area contributed by atoms with Crippen molar-refractivity contribution < 1.29 is 13.5 Å². The van der Waals surface area contributed by atoms with Crippen LogP contribution in [-0.2, 0) is 6.42 Å². The average Bonchev–Trinajstić information content (AvgIpc) is 2.91. The molecule has 1 aliphatic carbocycles. The largest absolute Gasteiger partial charge is 0.435 e. The zero-order valence-electron chi connectivity index (χ0n) is 11.6. The number of hydrogen-bond donors (Lipinski definition) is 1. The van der Waals surface area contributed by atoms with Gasteiger partial charge in [0, 0.05) is 16.5 Å². The molecule has 3 rings (SSSR count). The van der Waals surface area contributed by atoms with Crippen molar-refractivity contribution in [2.24, 2.45) is 0 Å². The van der Waals surface area contributed by atoms with E-state index in [1.807, 2.05) is 7.05 Å². The van der Waals surface area contributed by atoms with Crippen LogP contribution in [0.2, 0.25) is 0 Å². The molecule has 21 heavy (non-hydrogen) atoms. The minimum Gasteiger partial charge on any atom is -0.435 e. The van der Waals surface area contributed by atoms with Crippen LogP contribution >= 0.6 is 11.3 Å². The second-order valence-corrected chi connectivity index (χ2v) is 6.00. The summed E-state index contributed by atoms with van der Waals surface area (Å²) in [5.74, 6) is 0.170. The van der Waals surface area contributed by atoms with Crippen molar-refractivity contribution in [1.29, 1.82) is 0 Å². The molecule has 0 amide bonds. The van der Waals surface area contributed by atoms with E-state index in [0.29, 0.717) is 6.04 Å². The SMILES string of the molecule is CNC1CCCc2nc(-c3ccc(OC(F)F)cc3)sc21. The lowest BCUT2D eigenvalue weighted by molar-refractivity contribution is -0.0498. The lowest BCUT2D eigenvalue weighted by Crippen LogP contribution is -2.19. The van der Waals surface area contributed by atoms with Gasteiger partial charge in [-0.25, -0.2) is 4.98 Å². The summed E-state index contributed by atoms with van der Waals surface area (Å²) in [7, 11) is 1.97. The maximum atomic E-state index is 12.1. The zero-order valence-corrected chi connectivity index (χ0v) is 12.4. The first-order chi connectivity index (χ1) is 10.2. The minimum absolute atomic E-state index is 0.170. The molecule has 0 radical (unpaired) electrons. The van der Waals surface area contributed by atoms with E-state index in [0.717, 1.165) is 35.5 Å². The lowest BCUT2D eigenvalue weighted by atomic mass is 9.98. The number of benzene rings is 1. The number of aryl methyl sites for hydroxylation is 1. The Hall–Kier alpha value is -1.53. The van der Waals surface area contributed by atoms with Gasteiger partial charge >= 0.3 is 6.61 Å². The second-order valence-electron chi connectivity index (χ2n) is 4.97. The number of nitrogens with one attached hydrogen (secondary N) is 1. The molecule has 112 valence electrons. The molecule has 1 unspecified atom stereocenters. The van der Waals surface area contributed by atoms with Gasteiger partial charge in [0.05, 0.1) is 5.69 Å². The lowest BCUT2D eigenvalue weighted by Gasteiger charge is -2.19. The fourth-order valence-electron chi connectivity index (χ4n) is 2.60. The molecule has 1 atom stereocenters. The highest BCUT2D eigenvalue weighted by molar-refractivity contribution is 7.15. The van der Waals surface area contributed by atoms with E-state index in [-0.39, 0.29) is 5.75 Å². The molecule has 3 nitrogen and oxygen atoms in total. The van der Waals surface area contributed by atoms with Crippen LogP contribution in [0.5, 0.6) is 5.75 Å². The molecule has 1 N–H and O–H groups in total. The predicted molar refractivity (Wildman–Crippen MR) is 78.9 cm³/mol. The molecule has 1 aromatic carbocycles. The monoisotopic (exact) mass is 310 g/mol. The van der Waals surface area contributed by atoms with Crippen molar-refractivity contribution in [2.45, 2.75) is 31.9 Å². The Morgan fingerprint density at radius 1 is 1.33 bits per heavy atom. The first-order valence-electron chi connectivity index (χ1n) is 6.89. The van der Waals surface area contributed by atoms with Crippen LogP contribution in [0.4, 0.5) is 8.78 Å². The minimum atomic E-state index is -2.79. The summed E-state index contributed by atoms with van der Waals surface area (Å²) in [6, 6.07) is 7.03. The van der Waals surface area contributed by atoms with E-state index in [1.165, 1.54) is 4.88 Å². The molecule has 6 heteroatoms. The summed E-state index contributed by atoms with van der Waals surface area (Å²) >= 11 is 1.68. The Morgan fingerprint density at radius 3 is 2.76 bits per heavy atom. The molecule has 0 saturated carbocycles. The number of ether oxygens (including phenoxy) is 1. The third kappa shape index (κ3) is 3.06. The normalized spacial score (nSPS) is 17.8. The molecule has 0 saturated heterocycles. The van der Waals surface area contributed by atoms with Gasteiger partial charge in [-0.1, -0.05) is 0 Å². The predicted octanol–water partition coefficient (Wildman–Crippen LogP) is 4.01. The second kappa shape index (κ2) is 6.07. The maximum Gasteiger partial charge on any atom is 0.387 e. The third-order valence-corrected chi connectivity index (χ3v) is 4.89. The highest BCUT2D eigenvalue weighted by Gasteiger charge is 2.23. The Bertz CT molecular complexity index is 613. The van der Waals surface area contributed by atoms with Crippen LogP contribution < -0.4 is 10.1 Å². The summed E-state index contributed by atoms with van der Waals surface area (Å²) < 4.78 is 28.6. The van der Waals surface area contributed by atoms with Gasteiger partial charge in [0.2, 0.25) is 0 Å². The number of hydrogen-bond acceptors (Lipinski definition) is 4. The fraction of sp³-hybridized carbons (Fsp3) is 0.400. The molecular formula is C15H16F2N2OS. The maximum absolute atomic E-state index is 12.1. The van der Waals surface area contributed by atoms with Gasteiger partial charge < -0.3 is 10.1 Å². The number of nitrogens with zero attached hydrogens (tertiary/aromatic N) is 1. The Balaban J connectivity index is 1.86. The van der Waals surface area contributed by atoms with Crippen LogP contribution in [0.25, 0.3) is 10.6 Å². The van der Waals surface area contributed by atoms with E-state index in [1.54, 1.807) is 35.6 Å². The fourth-order valence-corrected chi connectivity index (χ4v) is 3.86. The quantitative estimate of drug-likeness (QED) is 0.926. The summed E-state index contributed by atoms with van der Waals surface area (Å²) in [6.45, 7) is -2.79. The van der Waals surface area contributed by atoms with Crippen molar-refractivity contribution in [3.63, 3.8) is 0 Å². The van der Waals surface area contributed by atoms with Crippen LogP contribution in [0.15, 0.2) is 24.3 Å². The van der Waals surface area contributed by atoms with Crippen molar-refractivity contribution in [3.8, 4) is 16.3 Å². The van der Waals surface area contributed by atoms with Crippen LogP contribution in [-0.4, -0.2) is 18.6 Å². The highest BCUT2D eigenvalue weighted by atomic mass is 32.1. The summed E-state index contributed by atoms with van der Waals surface area (Å²) in [5.41, 5.74) is 2.10. The number of aromatic nitrogens is 1. The van der Waals surface area contributed by atoms with Gasteiger partial charge in [-0.2, -0.15) is 8.78 Å². The average molecular weight is 310 g/mol. The van der Waals surface area contributed by atoms with Crippen molar-refractivity contribution in [3.05, 3.63) is 34.8 Å². The summed E-state index contributed by atoms with van der Waals surface area (Å²) in [5, 5.41) is 4.26. The van der Waals surface area contributed by atoms with E-state index in [2.05, 4.69) is 10.1 Å². The zero-order chi connectivity index (χ0) is 14.8. The van der Waals surface area contributed by atoms with Crippen molar-refractivity contribution >= 4 is 11.3 Å². The number of thiazole rings is 1. The molecule has 0 bridgehead atoms. The molecular weight excluding hydrogens is 294 g/mol. The van der Waals surface area contributed by atoms with Gasteiger partial charge in [-0.05, 0) is 50.6 Å². The molecule has 1 aliphatic rings. The van der Waals surface area contributed by atoms with E-state index in [9.17, 15) is 8.78 Å². The first-order valence-corrected chi connectivity index (χ1v) is 7.71. The van der Waals surface area contributed by atoms with Gasteiger partial charge in [0.1, 0.15) is 10.8 Å². The van der Waals surface area contributed by atoms with Crippen LogP contribution in [0.3, 0.4) is 0 Å². The molecule has 0 spiro atoms. The van der Waals surface area contributed by atoms with Gasteiger partial charge in [-0.15, -0.1) is 11.3 Å². The molecule has 1 aromatic heterocycles. The Morgan fingerprint density at radius 2 is 2.10 bits per heavy atom. The van der Waals surface area contributed by atoms with Crippen molar-refractivity contribution in [1.82, 2.24) is 10.3 Å². The topological polar surface area (TPSA) is 34.2 Å². The number of fused-ring (bicyclic) bond motifs is 1. The van der Waals surface area contributed by atoms with E-state index < -0.39 is 6.61 Å². The Labute approximate surface area is 126 Å². The van der Waals surface area contributed by atoms with Crippen molar-refractivity contribution in [2.75, 3.05) is 7.05 Å². The van der Waals surface area contributed by atoms with Gasteiger partial charge in [0.15, 0.2) is 0 Å².